The van der Waals surface area contributed by atoms with Crippen molar-refractivity contribution in [2.24, 2.45) is 0 Å². The molecule has 0 aromatic heterocycles. The van der Waals surface area contributed by atoms with Crippen LogP contribution in [-0.4, -0.2) is 57.1 Å². The summed E-state index contributed by atoms with van der Waals surface area (Å²) in [4.78, 5) is 23.7. The number of carbonyl (C=O) groups excluding carboxylic acids is 1. The minimum absolute atomic E-state index is 0.105. The molecule has 1 fully saturated rings. The number of carboxylic acid groups (broad SMARTS) is 1. The number of nitrogens with one attached hydrogen (secondary N) is 1. The van der Waals surface area contributed by atoms with E-state index in [1.165, 1.54) is 21.3 Å². The van der Waals surface area contributed by atoms with E-state index in [1.807, 2.05) is 0 Å². The van der Waals surface area contributed by atoms with E-state index in [1.54, 1.807) is 12.1 Å². The third kappa shape index (κ3) is 5.50. The van der Waals surface area contributed by atoms with Crippen LogP contribution in [-0.2, 0) is 20.7 Å². The quantitative estimate of drug-likeness (QED) is 0.672. The lowest BCUT2D eigenvalue weighted by Crippen LogP contribution is -2.53. The van der Waals surface area contributed by atoms with E-state index in [4.69, 9.17) is 18.9 Å². The van der Waals surface area contributed by atoms with Crippen LogP contribution in [0.2, 0.25) is 0 Å². The van der Waals surface area contributed by atoms with E-state index in [-0.39, 0.29) is 18.7 Å². The lowest BCUT2D eigenvalue weighted by Gasteiger charge is -2.36. The highest BCUT2D eigenvalue weighted by Crippen LogP contribution is 2.38. The number of carbonyl (C=O) groups is 2. The van der Waals surface area contributed by atoms with Crippen molar-refractivity contribution in [2.45, 2.75) is 37.6 Å². The first kappa shape index (κ1) is 20.8. The summed E-state index contributed by atoms with van der Waals surface area (Å²) < 4.78 is 21.2. The van der Waals surface area contributed by atoms with Gasteiger partial charge in [-0.05, 0) is 37.0 Å². The highest BCUT2D eigenvalue weighted by atomic mass is 16.5. The molecule has 0 atom stereocenters. The minimum atomic E-state index is -0.929. The summed E-state index contributed by atoms with van der Waals surface area (Å²) in [6.07, 6.45) is 1.57. The van der Waals surface area contributed by atoms with Crippen LogP contribution in [0.25, 0.3) is 0 Å². The number of ether oxygens (including phenoxy) is 4. The molecule has 0 unspecified atom stereocenters. The molecule has 1 saturated heterocycles. The van der Waals surface area contributed by atoms with Crippen molar-refractivity contribution in [1.29, 1.82) is 0 Å². The molecule has 150 valence electrons. The van der Waals surface area contributed by atoms with Crippen molar-refractivity contribution in [1.82, 2.24) is 5.32 Å². The molecule has 2 N–H and O–H groups in total. The first-order valence-electron chi connectivity index (χ1n) is 8.82. The van der Waals surface area contributed by atoms with Gasteiger partial charge in [0.05, 0.1) is 33.3 Å². The van der Waals surface area contributed by atoms with E-state index in [0.29, 0.717) is 49.7 Å². The van der Waals surface area contributed by atoms with Crippen LogP contribution in [0, 0.1) is 0 Å². The molecular weight excluding hydrogens is 354 g/mol. The summed E-state index contributed by atoms with van der Waals surface area (Å²) >= 11 is 0. The predicted molar refractivity (Wildman–Crippen MR) is 97.6 cm³/mol. The minimum Gasteiger partial charge on any atom is -0.493 e. The van der Waals surface area contributed by atoms with E-state index in [0.717, 1.165) is 5.56 Å². The maximum atomic E-state index is 12.5. The summed E-state index contributed by atoms with van der Waals surface area (Å²) in [6, 6.07) is 3.60. The zero-order valence-corrected chi connectivity index (χ0v) is 16.0. The molecule has 1 heterocycles. The topological polar surface area (TPSA) is 103 Å². The molecule has 2 rings (SSSR count). The molecule has 0 aliphatic carbocycles. The van der Waals surface area contributed by atoms with Gasteiger partial charge in [0, 0.05) is 19.6 Å². The molecule has 1 amide bonds. The smallest absolute Gasteiger partial charge is 0.305 e. The van der Waals surface area contributed by atoms with E-state index in [9.17, 15) is 14.7 Å². The van der Waals surface area contributed by atoms with Crippen molar-refractivity contribution >= 4 is 11.9 Å². The van der Waals surface area contributed by atoms with Crippen LogP contribution in [0.5, 0.6) is 17.2 Å². The van der Waals surface area contributed by atoms with E-state index >= 15 is 0 Å². The molecular formula is C19H27NO7. The van der Waals surface area contributed by atoms with Crippen LogP contribution in [0.15, 0.2) is 12.1 Å². The average Bonchev–Trinajstić information content (AvgIpc) is 2.65. The van der Waals surface area contributed by atoms with Crippen LogP contribution < -0.4 is 19.5 Å². The first-order valence-corrected chi connectivity index (χ1v) is 8.82. The van der Waals surface area contributed by atoms with Crippen molar-refractivity contribution in [3.63, 3.8) is 0 Å². The van der Waals surface area contributed by atoms with Crippen molar-refractivity contribution in [2.75, 3.05) is 34.5 Å². The number of benzene rings is 1. The van der Waals surface area contributed by atoms with E-state index in [2.05, 4.69) is 5.32 Å². The second-order valence-electron chi connectivity index (χ2n) is 6.54. The Hall–Kier alpha value is -2.48. The normalized spacial score (nSPS) is 15.7. The fourth-order valence-corrected chi connectivity index (χ4v) is 3.29. The molecule has 27 heavy (non-hydrogen) atoms. The molecule has 1 aromatic rings. The Bertz CT molecular complexity index is 643. The number of carboxylic acids is 1. The summed E-state index contributed by atoms with van der Waals surface area (Å²) in [5.41, 5.74) is 0.120. The molecule has 0 radical (unpaired) electrons. The summed E-state index contributed by atoms with van der Waals surface area (Å²) in [5, 5.41) is 12.1. The van der Waals surface area contributed by atoms with Gasteiger partial charge in [0.2, 0.25) is 11.7 Å². The zero-order valence-electron chi connectivity index (χ0n) is 16.0. The molecule has 1 aliphatic rings. The first-order chi connectivity index (χ1) is 12.9. The van der Waals surface area contributed by atoms with Crippen LogP contribution in [0.1, 0.15) is 31.2 Å². The van der Waals surface area contributed by atoms with Gasteiger partial charge >= 0.3 is 5.97 Å². The van der Waals surface area contributed by atoms with Crippen LogP contribution >= 0.6 is 0 Å². The van der Waals surface area contributed by atoms with Crippen molar-refractivity contribution in [3.8, 4) is 17.2 Å². The predicted octanol–water partition coefficient (Wildman–Crippen LogP) is 1.79. The molecule has 0 bridgehead atoms. The third-order valence-electron chi connectivity index (χ3n) is 4.71. The number of hydrogen-bond acceptors (Lipinski definition) is 6. The lowest BCUT2D eigenvalue weighted by molar-refractivity contribution is -0.140. The number of aryl methyl sites for hydroxylation is 1. The fourth-order valence-electron chi connectivity index (χ4n) is 3.29. The molecule has 8 heteroatoms. The van der Waals surface area contributed by atoms with Gasteiger partial charge < -0.3 is 29.4 Å². The van der Waals surface area contributed by atoms with Gasteiger partial charge in [-0.3, -0.25) is 9.59 Å². The largest absolute Gasteiger partial charge is 0.493 e. The Kier molecular flexibility index (Phi) is 7.29. The van der Waals surface area contributed by atoms with Crippen molar-refractivity contribution < 1.29 is 33.6 Å². The van der Waals surface area contributed by atoms with Gasteiger partial charge in [-0.15, -0.1) is 0 Å². The average molecular weight is 381 g/mol. The highest BCUT2D eigenvalue weighted by molar-refractivity contribution is 5.78. The van der Waals surface area contributed by atoms with Crippen LogP contribution in [0.3, 0.4) is 0 Å². The molecule has 0 spiro atoms. The van der Waals surface area contributed by atoms with Gasteiger partial charge in [-0.2, -0.15) is 0 Å². The second-order valence-corrected chi connectivity index (χ2v) is 6.54. The Morgan fingerprint density at radius 1 is 1.11 bits per heavy atom. The van der Waals surface area contributed by atoms with Gasteiger partial charge in [0.15, 0.2) is 11.5 Å². The van der Waals surface area contributed by atoms with Gasteiger partial charge in [-0.1, -0.05) is 0 Å². The van der Waals surface area contributed by atoms with Gasteiger partial charge in [0.1, 0.15) is 0 Å². The standard InChI is InChI=1S/C19H27NO7/c1-24-14-10-13(11-15(25-2)18(14)26-3)4-5-16(21)20-19(12-17(22)23)6-8-27-9-7-19/h10-11H,4-9,12H2,1-3H3,(H,20,21)(H,22,23). The zero-order chi connectivity index (χ0) is 19.9. The van der Waals surface area contributed by atoms with Crippen molar-refractivity contribution in [3.05, 3.63) is 17.7 Å². The summed E-state index contributed by atoms with van der Waals surface area (Å²) in [5.74, 6) is 0.433. The maximum absolute atomic E-state index is 12.5. The third-order valence-corrected chi connectivity index (χ3v) is 4.71. The number of aliphatic carboxylic acids is 1. The SMILES string of the molecule is COc1cc(CCC(=O)NC2(CC(=O)O)CCOCC2)cc(OC)c1OC. The van der Waals surface area contributed by atoms with Gasteiger partial charge in [-0.25, -0.2) is 0 Å². The van der Waals surface area contributed by atoms with E-state index < -0.39 is 11.5 Å². The monoisotopic (exact) mass is 381 g/mol. The van der Waals surface area contributed by atoms with Gasteiger partial charge in [0.25, 0.3) is 0 Å². The highest BCUT2D eigenvalue weighted by Gasteiger charge is 2.36. The summed E-state index contributed by atoms with van der Waals surface area (Å²) in [7, 11) is 4.60. The lowest BCUT2D eigenvalue weighted by atomic mass is 9.86. The summed E-state index contributed by atoms with van der Waals surface area (Å²) in [6.45, 7) is 0.890. The molecule has 1 aromatic carbocycles. The molecule has 8 nitrogen and oxygen atoms in total. The Labute approximate surface area is 158 Å². The number of hydrogen-bond donors (Lipinski definition) is 2. The molecule has 1 aliphatic heterocycles. The maximum Gasteiger partial charge on any atom is 0.305 e. The number of methoxy groups -OCH3 is 3. The number of amides is 1. The van der Waals surface area contributed by atoms with Crippen LogP contribution in [0.4, 0.5) is 0 Å². The molecule has 0 saturated carbocycles. The number of rotatable bonds is 9. The Balaban J connectivity index is 2.04. The fraction of sp³-hybridized carbons (Fsp3) is 0.579. The second kappa shape index (κ2) is 9.45. The Morgan fingerprint density at radius 3 is 2.19 bits per heavy atom. The Morgan fingerprint density at radius 2 is 1.70 bits per heavy atom.